The highest BCUT2D eigenvalue weighted by Gasteiger charge is 2.49. The maximum atomic E-state index is 16.4. The standard InChI is InChI=1S/C43H46F2N6O3/c1-22(2)37(50-41(53)54-5)40(52)51-24(4)16-23(3)38(51)39-48-33-11-8-26(19-35(33)49-39)25-6-9-28-29-10-7-27(18-31(29)43(44,45)30(28)17-25)32-12-13-34(47-32)36-20-42(14-15-42)21-46-36/h6-13,17-19,22-24,36-38,46-47H,14-16,20-21H2,1-5H3,(H,48,49)(H,50,53)/t23-,24+,36-,37+,38-/m0/s1. The Labute approximate surface area is 313 Å². The van der Waals surface area contributed by atoms with E-state index in [-0.39, 0.29) is 47.0 Å². The molecule has 4 aliphatic rings. The van der Waals surface area contributed by atoms with Crippen LogP contribution in [0.4, 0.5) is 13.6 Å². The number of carbonyl (C=O) groups excluding carboxylic acids is 2. The van der Waals surface area contributed by atoms with E-state index < -0.39 is 18.1 Å². The summed E-state index contributed by atoms with van der Waals surface area (Å²) in [7, 11) is 1.28. The Hall–Kier alpha value is -5.03. The first-order valence-corrected chi connectivity index (χ1v) is 19.1. The summed E-state index contributed by atoms with van der Waals surface area (Å²) in [5.41, 5.74) is 7.22. The van der Waals surface area contributed by atoms with Gasteiger partial charge in [0.15, 0.2) is 0 Å². The van der Waals surface area contributed by atoms with Gasteiger partial charge in [-0.1, -0.05) is 51.1 Å². The molecule has 2 aliphatic heterocycles. The van der Waals surface area contributed by atoms with Crippen LogP contribution in [-0.2, 0) is 15.5 Å². The summed E-state index contributed by atoms with van der Waals surface area (Å²) in [6.45, 7) is 8.94. The molecule has 0 bridgehead atoms. The van der Waals surface area contributed by atoms with Crippen molar-refractivity contribution in [1.29, 1.82) is 0 Å². The number of hydrogen-bond donors (Lipinski definition) is 4. The van der Waals surface area contributed by atoms with Crippen molar-refractivity contribution in [2.24, 2.45) is 17.3 Å². The van der Waals surface area contributed by atoms with Crippen LogP contribution in [-0.4, -0.2) is 57.6 Å². The van der Waals surface area contributed by atoms with Gasteiger partial charge in [0.05, 0.1) is 24.2 Å². The number of alkyl halides is 2. The lowest BCUT2D eigenvalue weighted by Gasteiger charge is -2.33. The minimum atomic E-state index is -3.16. The number of nitrogens with one attached hydrogen (secondary N) is 4. The molecule has 11 heteroatoms. The largest absolute Gasteiger partial charge is 0.453 e. The molecule has 280 valence electrons. The zero-order chi connectivity index (χ0) is 37.7. The van der Waals surface area contributed by atoms with Crippen molar-refractivity contribution in [2.45, 2.75) is 83.5 Å². The quantitative estimate of drug-likeness (QED) is 0.134. The van der Waals surface area contributed by atoms with Gasteiger partial charge in [0, 0.05) is 41.1 Å². The Kier molecular flexibility index (Phi) is 8.04. The highest BCUT2D eigenvalue weighted by atomic mass is 19.3. The maximum Gasteiger partial charge on any atom is 0.407 e. The van der Waals surface area contributed by atoms with E-state index in [2.05, 4.69) is 33.6 Å². The Morgan fingerprint density at radius 3 is 2.30 bits per heavy atom. The number of aromatic amines is 2. The molecule has 5 atom stereocenters. The number of carbonyl (C=O) groups is 2. The molecule has 1 saturated carbocycles. The Balaban J connectivity index is 0.983. The van der Waals surface area contributed by atoms with Crippen LogP contribution < -0.4 is 10.6 Å². The van der Waals surface area contributed by atoms with E-state index in [1.165, 1.54) is 20.0 Å². The van der Waals surface area contributed by atoms with Crippen LogP contribution in [0.25, 0.3) is 44.5 Å². The molecule has 3 fully saturated rings. The van der Waals surface area contributed by atoms with E-state index in [1.807, 2.05) is 68.1 Å². The lowest BCUT2D eigenvalue weighted by molar-refractivity contribution is -0.137. The molecule has 9 rings (SSSR count). The highest BCUT2D eigenvalue weighted by Crippen LogP contribution is 2.55. The van der Waals surface area contributed by atoms with Gasteiger partial charge in [-0.3, -0.25) is 4.79 Å². The molecule has 2 aromatic heterocycles. The molecular formula is C43H46F2N6O3. The molecule has 0 unspecified atom stereocenters. The van der Waals surface area contributed by atoms with Crippen molar-refractivity contribution < 1.29 is 23.1 Å². The van der Waals surface area contributed by atoms with Gasteiger partial charge in [-0.2, -0.15) is 8.78 Å². The normalized spacial score (nSPS) is 23.9. The number of amides is 2. The van der Waals surface area contributed by atoms with E-state index in [9.17, 15) is 9.59 Å². The maximum absolute atomic E-state index is 16.4. The fourth-order valence-electron chi connectivity index (χ4n) is 9.34. The topological polar surface area (TPSA) is 115 Å². The van der Waals surface area contributed by atoms with E-state index in [0.717, 1.165) is 52.9 Å². The van der Waals surface area contributed by atoms with E-state index in [0.29, 0.717) is 27.9 Å². The Morgan fingerprint density at radius 1 is 0.926 bits per heavy atom. The number of ether oxygens (including phenoxy) is 1. The van der Waals surface area contributed by atoms with Crippen LogP contribution in [0.2, 0.25) is 0 Å². The number of alkyl carbamates (subject to hydrolysis) is 1. The molecule has 2 saturated heterocycles. The molecule has 5 aromatic rings. The van der Waals surface area contributed by atoms with Gasteiger partial charge in [-0.05, 0) is 114 Å². The van der Waals surface area contributed by atoms with Crippen LogP contribution >= 0.6 is 0 Å². The zero-order valence-corrected chi connectivity index (χ0v) is 31.2. The molecule has 9 nitrogen and oxygen atoms in total. The van der Waals surface area contributed by atoms with Gasteiger partial charge >= 0.3 is 6.09 Å². The molecule has 4 heterocycles. The van der Waals surface area contributed by atoms with Crippen LogP contribution in [0.1, 0.15) is 88.1 Å². The van der Waals surface area contributed by atoms with Crippen molar-refractivity contribution in [3.05, 3.63) is 89.4 Å². The second-order valence-corrected chi connectivity index (χ2v) is 16.5. The van der Waals surface area contributed by atoms with Gasteiger partial charge in [0.1, 0.15) is 11.9 Å². The van der Waals surface area contributed by atoms with Crippen molar-refractivity contribution >= 4 is 23.0 Å². The lowest BCUT2D eigenvalue weighted by Crippen LogP contribution is -2.52. The van der Waals surface area contributed by atoms with Crippen LogP contribution in [0.15, 0.2) is 66.7 Å². The lowest BCUT2D eigenvalue weighted by atomic mass is 9.98. The van der Waals surface area contributed by atoms with E-state index in [4.69, 9.17) is 9.72 Å². The number of fused-ring (bicyclic) bond motifs is 4. The van der Waals surface area contributed by atoms with E-state index >= 15 is 8.78 Å². The molecule has 3 aromatic carbocycles. The number of methoxy groups -OCH3 is 1. The van der Waals surface area contributed by atoms with E-state index in [1.54, 1.807) is 18.2 Å². The number of rotatable bonds is 7. The molecule has 0 radical (unpaired) electrons. The van der Waals surface area contributed by atoms with Gasteiger partial charge in [-0.15, -0.1) is 0 Å². The number of aromatic nitrogens is 3. The first-order valence-electron chi connectivity index (χ1n) is 19.1. The summed E-state index contributed by atoms with van der Waals surface area (Å²) in [5, 5.41) is 6.35. The second-order valence-electron chi connectivity index (χ2n) is 16.5. The molecular weight excluding hydrogens is 687 g/mol. The summed E-state index contributed by atoms with van der Waals surface area (Å²) in [4.78, 5) is 39.8. The SMILES string of the molecule is COC(=O)N[C@@H](C(=O)N1[C@H](C)C[C@H](C)[C@H]1c1nc2ccc(-c3ccc4c(c3)C(F)(F)c3cc(-c5ccc([C@@H]6CC7(CC7)CN6)[nH]5)ccc3-4)cc2[nH]1)C(C)C. The number of likely N-dealkylation sites (tertiary alicyclic amines) is 1. The summed E-state index contributed by atoms with van der Waals surface area (Å²) in [6.07, 6.45) is 3.81. The monoisotopic (exact) mass is 732 g/mol. The van der Waals surface area contributed by atoms with Gasteiger partial charge in [0.2, 0.25) is 5.91 Å². The second kappa shape index (κ2) is 12.5. The molecule has 54 heavy (non-hydrogen) atoms. The number of halogens is 2. The fourth-order valence-corrected chi connectivity index (χ4v) is 9.34. The molecule has 1 spiro atoms. The van der Waals surface area contributed by atoms with Crippen LogP contribution in [0, 0.1) is 17.3 Å². The summed E-state index contributed by atoms with van der Waals surface area (Å²) in [5.74, 6) is -2.75. The summed E-state index contributed by atoms with van der Waals surface area (Å²) >= 11 is 0. The number of imidazole rings is 1. The number of hydrogen-bond acceptors (Lipinski definition) is 5. The Bertz CT molecular complexity index is 2310. The zero-order valence-electron chi connectivity index (χ0n) is 31.2. The highest BCUT2D eigenvalue weighted by molar-refractivity contribution is 5.88. The third kappa shape index (κ3) is 5.61. The number of benzene rings is 3. The average molecular weight is 733 g/mol. The van der Waals surface area contributed by atoms with Crippen LogP contribution in [0.3, 0.4) is 0 Å². The van der Waals surface area contributed by atoms with Crippen molar-refractivity contribution in [2.75, 3.05) is 13.7 Å². The Morgan fingerprint density at radius 2 is 1.61 bits per heavy atom. The average Bonchev–Trinajstić information content (AvgIpc) is 3.61. The number of H-pyrrole nitrogens is 2. The van der Waals surface area contributed by atoms with Crippen molar-refractivity contribution in [3.63, 3.8) is 0 Å². The number of nitrogens with zero attached hydrogens (tertiary/aromatic N) is 2. The summed E-state index contributed by atoms with van der Waals surface area (Å²) < 4.78 is 37.5. The smallest absolute Gasteiger partial charge is 0.407 e. The minimum absolute atomic E-state index is 0.00204. The van der Waals surface area contributed by atoms with Crippen molar-refractivity contribution in [3.8, 4) is 33.5 Å². The minimum Gasteiger partial charge on any atom is -0.453 e. The van der Waals surface area contributed by atoms with Crippen molar-refractivity contribution in [1.82, 2.24) is 30.5 Å². The van der Waals surface area contributed by atoms with Gasteiger partial charge in [-0.25, -0.2) is 9.78 Å². The fraction of sp³-hybridized carbons (Fsp3) is 0.419. The molecule has 2 aliphatic carbocycles. The summed E-state index contributed by atoms with van der Waals surface area (Å²) in [6, 6.07) is 19.6. The third-order valence-corrected chi connectivity index (χ3v) is 12.5. The van der Waals surface area contributed by atoms with Gasteiger partial charge < -0.3 is 30.2 Å². The predicted octanol–water partition coefficient (Wildman–Crippen LogP) is 8.84. The predicted molar refractivity (Wildman–Crippen MR) is 204 cm³/mol. The first kappa shape index (κ1) is 34.7. The van der Waals surface area contributed by atoms with Crippen LogP contribution in [0.5, 0.6) is 0 Å². The van der Waals surface area contributed by atoms with Gasteiger partial charge in [0.25, 0.3) is 5.92 Å². The molecule has 2 amide bonds. The molecule has 4 N–H and O–H groups in total. The first-order chi connectivity index (χ1) is 25.9. The third-order valence-electron chi connectivity index (χ3n) is 12.5.